The molecule has 2 aliphatic rings. The Balaban J connectivity index is 1.57. The van der Waals surface area contributed by atoms with Crippen LogP contribution in [0.25, 0.3) is 0 Å². The summed E-state index contributed by atoms with van der Waals surface area (Å²) in [5.41, 5.74) is -1.05. The van der Waals surface area contributed by atoms with E-state index >= 15 is 0 Å². The van der Waals surface area contributed by atoms with E-state index in [2.05, 4.69) is 45.3 Å². The average molecular weight is 515 g/mol. The fourth-order valence-corrected chi connectivity index (χ4v) is 4.96. The van der Waals surface area contributed by atoms with Gasteiger partial charge in [0.2, 0.25) is 0 Å². The largest absolute Gasteiger partial charge is 0.359 e. The number of hydrogen-bond donors (Lipinski definition) is 3. The van der Waals surface area contributed by atoms with Gasteiger partial charge in [-0.25, -0.2) is 4.79 Å². The van der Waals surface area contributed by atoms with Crippen LogP contribution in [0, 0.1) is 11.8 Å². The number of anilines is 2. The van der Waals surface area contributed by atoms with Crippen LogP contribution < -0.4 is 15.5 Å². The van der Waals surface area contributed by atoms with Crippen LogP contribution >= 0.6 is 15.9 Å². The molecule has 2 aliphatic heterocycles. The van der Waals surface area contributed by atoms with E-state index in [-0.39, 0.29) is 5.92 Å². The lowest BCUT2D eigenvalue weighted by Gasteiger charge is -2.43. The van der Waals surface area contributed by atoms with Crippen molar-refractivity contribution in [3.8, 4) is 0 Å². The Kier molecular flexibility index (Phi) is 7.07. The zero-order valence-electron chi connectivity index (χ0n) is 19.1. The van der Waals surface area contributed by atoms with Crippen molar-refractivity contribution in [2.24, 2.45) is 11.8 Å². The van der Waals surface area contributed by atoms with Crippen molar-refractivity contribution in [3.63, 3.8) is 0 Å². The van der Waals surface area contributed by atoms with Crippen LogP contribution in [0.3, 0.4) is 0 Å². The highest BCUT2D eigenvalue weighted by Crippen LogP contribution is 2.40. The molecule has 0 saturated carbocycles. The maximum absolute atomic E-state index is 13.6. The van der Waals surface area contributed by atoms with Crippen molar-refractivity contribution < 1.29 is 14.7 Å². The number of carbonyl (C=O) groups excluding carboxylic acids is 2. The Morgan fingerprint density at radius 2 is 1.94 bits per heavy atom. The Morgan fingerprint density at radius 1 is 1.24 bits per heavy atom. The molecule has 4 rings (SSSR count). The van der Waals surface area contributed by atoms with Gasteiger partial charge in [-0.1, -0.05) is 48.0 Å². The van der Waals surface area contributed by atoms with Crippen LogP contribution in [-0.4, -0.2) is 48.1 Å². The maximum atomic E-state index is 13.6. The number of carbonyl (C=O) groups is 2. The molecule has 1 saturated heterocycles. The van der Waals surface area contributed by atoms with Crippen LogP contribution in [0.4, 0.5) is 16.2 Å². The molecule has 0 unspecified atom stereocenters. The normalized spacial score (nSPS) is 22.4. The highest BCUT2D eigenvalue weighted by Gasteiger charge is 2.52. The minimum Gasteiger partial charge on any atom is -0.359 e. The number of hydrogen-bond acceptors (Lipinski definition) is 4. The second kappa shape index (κ2) is 9.83. The Labute approximate surface area is 203 Å². The molecule has 0 radical (unpaired) electrons. The lowest BCUT2D eigenvalue weighted by atomic mass is 9.94. The summed E-state index contributed by atoms with van der Waals surface area (Å²) in [5, 5.41) is 17.6. The van der Waals surface area contributed by atoms with Crippen molar-refractivity contribution in [2.45, 2.75) is 32.4 Å². The van der Waals surface area contributed by atoms with Gasteiger partial charge in [0.1, 0.15) is 0 Å². The summed E-state index contributed by atoms with van der Waals surface area (Å²) < 4.78 is 0.698. The van der Waals surface area contributed by atoms with Gasteiger partial charge in [0.25, 0.3) is 11.6 Å². The minimum absolute atomic E-state index is 0.204. The number of amides is 3. The monoisotopic (exact) mass is 514 g/mol. The number of para-hydroxylation sites is 1. The number of likely N-dealkylation sites (tertiary alicyclic amines) is 1. The molecule has 0 aliphatic carbocycles. The summed E-state index contributed by atoms with van der Waals surface area (Å²) in [6.45, 7) is 7.82. The third-order valence-electron chi connectivity index (χ3n) is 6.51. The maximum Gasteiger partial charge on any atom is 0.329 e. The lowest BCUT2D eigenvalue weighted by Crippen LogP contribution is -2.63. The summed E-state index contributed by atoms with van der Waals surface area (Å²) in [7, 11) is 0. The molecule has 0 bridgehead atoms. The SMILES string of the molecule is CC1CCN(C[C@@H](C)CNC(=O)[C@@]2(O)c3cc(Br)ccc3NC(=O)N2c2ccccc2)CC1. The Bertz CT molecular complexity index is 1010. The van der Waals surface area contributed by atoms with Gasteiger partial charge in [-0.05, 0) is 68.1 Å². The van der Waals surface area contributed by atoms with Crippen LogP contribution in [0.15, 0.2) is 53.0 Å². The zero-order valence-corrected chi connectivity index (χ0v) is 20.6. The summed E-state index contributed by atoms with van der Waals surface area (Å²) in [6.07, 6.45) is 2.40. The van der Waals surface area contributed by atoms with Crippen LogP contribution in [0.2, 0.25) is 0 Å². The first-order chi connectivity index (χ1) is 15.8. The number of nitrogens with one attached hydrogen (secondary N) is 2. The molecule has 1 fully saturated rings. The number of nitrogens with zero attached hydrogens (tertiary/aromatic N) is 2. The number of urea groups is 1. The topological polar surface area (TPSA) is 84.9 Å². The molecule has 3 amide bonds. The van der Waals surface area contributed by atoms with Crippen LogP contribution in [0.1, 0.15) is 32.3 Å². The van der Waals surface area contributed by atoms with Gasteiger partial charge in [-0.15, -0.1) is 0 Å². The molecule has 8 heteroatoms. The second-order valence-corrected chi connectivity index (χ2v) is 10.2. The lowest BCUT2D eigenvalue weighted by molar-refractivity contribution is -0.140. The van der Waals surface area contributed by atoms with E-state index in [1.54, 1.807) is 42.5 Å². The smallest absolute Gasteiger partial charge is 0.329 e. The Morgan fingerprint density at radius 3 is 2.64 bits per heavy atom. The van der Waals surface area contributed by atoms with Gasteiger partial charge >= 0.3 is 6.03 Å². The van der Waals surface area contributed by atoms with Gasteiger partial charge in [0, 0.05) is 28.8 Å². The standard InChI is InChI=1S/C25H31BrN4O3/c1-17-10-12-29(13-11-17)16-18(2)15-27-23(31)25(33)21-14-19(26)8-9-22(21)28-24(32)30(25)20-6-4-3-5-7-20/h3-9,14,17-18,33H,10-13,15-16H2,1-2H3,(H,27,31)(H,28,32)/t18-,25-/m0/s1. The summed E-state index contributed by atoms with van der Waals surface area (Å²) >= 11 is 3.42. The molecule has 3 N–H and O–H groups in total. The molecule has 0 aromatic heterocycles. The zero-order chi connectivity index (χ0) is 23.6. The first kappa shape index (κ1) is 23.7. The first-order valence-corrected chi connectivity index (χ1v) is 12.3. The van der Waals surface area contributed by atoms with Gasteiger partial charge in [0.05, 0.1) is 5.69 Å². The fraction of sp³-hybridized carbons (Fsp3) is 0.440. The molecule has 33 heavy (non-hydrogen) atoms. The molecule has 2 atom stereocenters. The van der Waals surface area contributed by atoms with Crippen molar-refractivity contribution in [1.82, 2.24) is 10.2 Å². The molecule has 0 spiro atoms. The molecular formula is C25H31BrN4O3. The van der Waals surface area contributed by atoms with Crippen LogP contribution in [-0.2, 0) is 10.5 Å². The number of aliphatic hydroxyl groups is 1. The quantitative estimate of drug-likeness (QED) is 0.540. The number of fused-ring (bicyclic) bond motifs is 1. The summed E-state index contributed by atoms with van der Waals surface area (Å²) in [6, 6.07) is 13.3. The molecule has 176 valence electrons. The van der Waals surface area contributed by atoms with Crippen LogP contribution in [0.5, 0.6) is 0 Å². The third-order valence-corrected chi connectivity index (χ3v) is 7.01. The first-order valence-electron chi connectivity index (χ1n) is 11.5. The average Bonchev–Trinajstić information content (AvgIpc) is 2.80. The van der Waals surface area contributed by atoms with E-state index in [9.17, 15) is 14.7 Å². The number of halogens is 1. The van der Waals surface area contributed by atoms with Gasteiger partial charge in [-0.2, -0.15) is 0 Å². The summed E-state index contributed by atoms with van der Waals surface area (Å²) in [5.74, 6) is 0.349. The predicted octanol–water partition coefficient (Wildman–Crippen LogP) is 4.13. The number of piperidine rings is 1. The third kappa shape index (κ3) is 4.93. The highest BCUT2D eigenvalue weighted by molar-refractivity contribution is 9.10. The van der Waals surface area contributed by atoms with Crippen molar-refractivity contribution in [1.29, 1.82) is 0 Å². The molecule has 2 aromatic rings. The van der Waals surface area contributed by atoms with E-state index in [4.69, 9.17) is 0 Å². The van der Waals surface area contributed by atoms with Crippen molar-refractivity contribution in [2.75, 3.05) is 36.4 Å². The van der Waals surface area contributed by atoms with Gasteiger partial charge in [0.15, 0.2) is 0 Å². The van der Waals surface area contributed by atoms with E-state index < -0.39 is 17.7 Å². The summed E-state index contributed by atoms with van der Waals surface area (Å²) in [4.78, 5) is 30.1. The number of benzene rings is 2. The van der Waals surface area contributed by atoms with E-state index in [1.807, 2.05) is 6.07 Å². The fourth-order valence-electron chi connectivity index (χ4n) is 4.60. The van der Waals surface area contributed by atoms with E-state index in [1.165, 1.54) is 12.8 Å². The number of rotatable bonds is 6. The van der Waals surface area contributed by atoms with Gasteiger partial charge in [-0.3, -0.25) is 9.69 Å². The Hall–Kier alpha value is -2.42. The molecular weight excluding hydrogens is 484 g/mol. The van der Waals surface area contributed by atoms with E-state index in [0.29, 0.717) is 28.0 Å². The molecule has 7 nitrogen and oxygen atoms in total. The van der Waals surface area contributed by atoms with Crippen molar-refractivity contribution >= 4 is 39.2 Å². The molecule has 2 heterocycles. The van der Waals surface area contributed by atoms with E-state index in [0.717, 1.165) is 30.5 Å². The van der Waals surface area contributed by atoms with Crippen molar-refractivity contribution in [3.05, 3.63) is 58.6 Å². The van der Waals surface area contributed by atoms with Gasteiger partial charge < -0.3 is 20.6 Å². The molecule has 2 aromatic carbocycles. The predicted molar refractivity (Wildman–Crippen MR) is 133 cm³/mol. The highest BCUT2D eigenvalue weighted by atomic mass is 79.9. The second-order valence-electron chi connectivity index (χ2n) is 9.26. The minimum atomic E-state index is -2.19.